The Labute approximate surface area is 163 Å². The van der Waals surface area contributed by atoms with Crippen LogP contribution in [0.1, 0.15) is 28.8 Å². The molecule has 1 atom stereocenters. The van der Waals surface area contributed by atoms with E-state index in [4.69, 9.17) is 19.0 Å². The van der Waals surface area contributed by atoms with Crippen molar-refractivity contribution in [2.24, 2.45) is 0 Å². The van der Waals surface area contributed by atoms with E-state index >= 15 is 0 Å². The molecule has 4 rings (SSSR count). The SMILES string of the molecule is COc1ncc(CN2CCO[C@H](c3cccc(-c4c(C)noc4C)n3)C2)cn1. The van der Waals surface area contributed by atoms with Gasteiger partial charge in [-0.05, 0) is 26.0 Å². The summed E-state index contributed by atoms with van der Waals surface area (Å²) in [5.41, 5.74) is 4.60. The van der Waals surface area contributed by atoms with Gasteiger partial charge in [-0.3, -0.25) is 4.90 Å². The van der Waals surface area contributed by atoms with Crippen LogP contribution in [-0.2, 0) is 11.3 Å². The van der Waals surface area contributed by atoms with Crippen molar-refractivity contribution in [3.05, 3.63) is 53.3 Å². The average Bonchev–Trinajstić information content (AvgIpc) is 3.07. The highest BCUT2D eigenvalue weighted by molar-refractivity contribution is 5.63. The van der Waals surface area contributed by atoms with E-state index in [0.29, 0.717) is 12.6 Å². The molecule has 0 radical (unpaired) electrons. The lowest BCUT2D eigenvalue weighted by Gasteiger charge is -2.32. The van der Waals surface area contributed by atoms with E-state index in [-0.39, 0.29) is 6.10 Å². The molecular formula is C20H23N5O3. The summed E-state index contributed by atoms with van der Waals surface area (Å²) in [6.45, 7) is 6.85. The molecule has 3 aromatic heterocycles. The van der Waals surface area contributed by atoms with Crippen LogP contribution in [0.2, 0.25) is 0 Å². The minimum absolute atomic E-state index is 0.0895. The maximum Gasteiger partial charge on any atom is 0.316 e. The summed E-state index contributed by atoms with van der Waals surface area (Å²) in [5.74, 6) is 0.771. The van der Waals surface area contributed by atoms with Crippen molar-refractivity contribution < 1.29 is 14.0 Å². The monoisotopic (exact) mass is 381 g/mol. The van der Waals surface area contributed by atoms with Gasteiger partial charge in [0.15, 0.2) is 0 Å². The fraction of sp³-hybridized carbons (Fsp3) is 0.400. The summed E-state index contributed by atoms with van der Waals surface area (Å²) >= 11 is 0. The van der Waals surface area contributed by atoms with Gasteiger partial charge < -0.3 is 14.0 Å². The first-order valence-corrected chi connectivity index (χ1v) is 9.23. The van der Waals surface area contributed by atoms with Gasteiger partial charge in [0, 0.05) is 37.6 Å². The minimum Gasteiger partial charge on any atom is -0.467 e. The molecule has 0 spiro atoms. The second-order valence-electron chi connectivity index (χ2n) is 6.82. The summed E-state index contributed by atoms with van der Waals surface area (Å²) < 4.78 is 16.3. The molecule has 0 bridgehead atoms. The first-order chi connectivity index (χ1) is 13.6. The summed E-state index contributed by atoms with van der Waals surface area (Å²) in [5, 5.41) is 4.03. The van der Waals surface area contributed by atoms with E-state index in [2.05, 4.69) is 20.0 Å². The van der Waals surface area contributed by atoms with Gasteiger partial charge in [-0.1, -0.05) is 11.2 Å². The van der Waals surface area contributed by atoms with Gasteiger partial charge in [-0.2, -0.15) is 0 Å². The number of nitrogens with zero attached hydrogens (tertiary/aromatic N) is 5. The van der Waals surface area contributed by atoms with Crippen molar-refractivity contribution in [2.45, 2.75) is 26.5 Å². The molecule has 0 amide bonds. The van der Waals surface area contributed by atoms with Crippen LogP contribution in [-0.4, -0.2) is 51.8 Å². The van der Waals surface area contributed by atoms with Crippen LogP contribution in [0.25, 0.3) is 11.3 Å². The number of pyridine rings is 1. The van der Waals surface area contributed by atoms with Crippen molar-refractivity contribution in [1.29, 1.82) is 0 Å². The third kappa shape index (κ3) is 3.88. The van der Waals surface area contributed by atoms with Crippen LogP contribution in [0.4, 0.5) is 0 Å². The van der Waals surface area contributed by atoms with Gasteiger partial charge in [0.1, 0.15) is 11.9 Å². The zero-order valence-corrected chi connectivity index (χ0v) is 16.3. The van der Waals surface area contributed by atoms with Crippen molar-refractivity contribution in [1.82, 2.24) is 25.0 Å². The van der Waals surface area contributed by atoms with Gasteiger partial charge in [-0.15, -0.1) is 0 Å². The molecule has 8 heteroatoms. The number of aromatic nitrogens is 4. The largest absolute Gasteiger partial charge is 0.467 e. The molecular weight excluding hydrogens is 358 g/mol. The van der Waals surface area contributed by atoms with Crippen LogP contribution in [0.3, 0.4) is 0 Å². The molecule has 146 valence electrons. The summed E-state index contributed by atoms with van der Waals surface area (Å²) in [6.07, 6.45) is 3.51. The van der Waals surface area contributed by atoms with Crippen LogP contribution >= 0.6 is 0 Å². The fourth-order valence-corrected chi connectivity index (χ4v) is 3.43. The average molecular weight is 381 g/mol. The van der Waals surface area contributed by atoms with Gasteiger partial charge in [-0.25, -0.2) is 15.0 Å². The number of morpholine rings is 1. The van der Waals surface area contributed by atoms with Crippen molar-refractivity contribution >= 4 is 0 Å². The maximum atomic E-state index is 6.01. The zero-order chi connectivity index (χ0) is 19.5. The predicted molar refractivity (Wildman–Crippen MR) is 102 cm³/mol. The topological polar surface area (TPSA) is 86.4 Å². The van der Waals surface area contributed by atoms with Crippen LogP contribution < -0.4 is 4.74 Å². The Morgan fingerprint density at radius 1 is 1.21 bits per heavy atom. The number of hydrogen-bond donors (Lipinski definition) is 0. The van der Waals surface area contributed by atoms with E-state index in [1.54, 1.807) is 19.5 Å². The Balaban J connectivity index is 1.49. The summed E-state index contributed by atoms with van der Waals surface area (Å²) in [6, 6.07) is 6.37. The van der Waals surface area contributed by atoms with E-state index in [0.717, 1.165) is 53.6 Å². The lowest BCUT2D eigenvalue weighted by Crippen LogP contribution is -2.38. The Morgan fingerprint density at radius 3 is 2.75 bits per heavy atom. The molecule has 0 N–H and O–H groups in total. The molecule has 0 saturated carbocycles. The molecule has 1 fully saturated rings. The highest BCUT2D eigenvalue weighted by Gasteiger charge is 2.24. The normalized spacial score (nSPS) is 17.6. The Bertz CT molecular complexity index is 922. The Morgan fingerprint density at radius 2 is 2.04 bits per heavy atom. The molecule has 0 unspecified atom stereocenters. The Kier molecular flexibility index (Phi) is 5.31. The van der Waals surface area contributed by atoms with E-state index in [9.17, 15) is 0 Å². The van der Waals surface area contributed by atoms with Crippen molar-refractivity contribution in [2.75, 3.05) is 26.8 Å². The molecule has 8 nitrogen and oxygen atoms in total. The first-order valence-electron chi connectivity index (χ1n) is 9.23. The second kappa shape index (κ2) is 8.04. The molecule has 0 aromatic carbocycles. The number of methoxy groups -OCH3 is 1. The fourth-order valence-electron chi connectivity index (χ4n) is 3.43. The third-order valence-corrected chi connectivity index (χ3v) is 4.81. The number of aryl methyl sites for hydroxylation is 2. The highest BCUT2D eigenvalue weighted by atomic mass is 16.5. The van der Waals surface area contributed by atoms with E-state index in [1.165, 1.54) is 0 Å². The van der Waals surface area contributed by atoms with Crippen LogP contribution in [0, 0.1) is 13.8 Å². The van der Waals surface area contributed by atoms with Crippen LogP contribution in [0.5, 0.6) is 6.01 Å². The lowest BCUT2D eigenvalue weighted by molar-refractivity contribution is -0.0350. The number of rotatable bonds is 5. The van der Waals surface area contributed by atoms with Crippen molar-refractivity contribution in [3.8, 4) is 17.3 Å². The number of ether oxygens (including phenoxy) is 2. The third-order valence-electron chi connectivity index (χ3n) is 4.81. The molecule has 28 heavy (non-hydrogen) atoms. The van der Waals surface area contributed by atoms with Gasteiger partial charge in [0.25, 0.3) is 0 Å². The minimum atomic E-state index is -0.0895. The smallest absolute Gasteiger partial charge is 0.316 e. The van der Waals surface area contributed by atoms with Crippen molar-refractivity contribution in [3.63, 3.8) is 0 Å². The molecule has 0 aliphatic carbocycles. The van der Waals surface area contributed by atoms with E-state index in [1.807, 2.05) is 32.0 Å². The first kappa shape index (κ1) is 18.5. The second-order valence-corrected chi connectivity index (χ2v) is 6.82. The molecule has 4 heterocycles. The van der Waals surface area contributed by atoms with E-state index < -0.39 is 0 Å². The molecule has 1 saturated heterocycles. The predicted octanol–water partition coefficient (Wildman–Crippen LogP) is 2.73. The highest BCUT2D eigenvalue weighted by Crippen LogP contribution is 2.28. The zero-order valence-electron chi connectivity index (χ0n) is 16.3. The standard InChI is InChI=1S/C20H23N5O3/c1-13-19(14(2)28-24-13)17-6-4-5-16(23-17)18-12-25(7-8-27-18)11-15-9-21-20(26-3)22-10-15/h4-6,9-10,18H,7-8,11-12H2,1-3H3/t18-/m0/s1. The van der Waals surface area contributed by atoms with Gasteiger partial charge in [0.05, 0.1) is 36.4 Å². The number of hydrogen-bond acceptors (Lipinski definition) is 8. The summed E-state index contributed by atoms with van der Waals surface area (Å²) in [4.78, 5) is 15.5. The molecule has 1 aliphatic rings. The Hall–Kier alpha value is -2.84. The summed E-state index contributed by atoms with van der Waals surface area (Å²) in [7, 11) is 1.56. The van der Waals surface area contributed by atoms with Crippen LogP contribution in [0.15, 0.2) is 35.1 Å². The molecule has 1 aliphatic heterocycles. The van der Waals surface area contributed by atoms with Gasteiger partial charge in [0.2, 0.25) is 0 Å². The molecule has 3 aromatic rings. The lowest BCUT2D eigenvalue weighted by atomic mass is 10.1. The maximum absolute atomic E-state index is 6.01. The quantitative estimate of drug-likeness (QED) is 0.667. The van der Waals surface area contributed by atoms with Gasteiger partial charge >= 0.3 is 6.01 Å².